The second kappa shape index (κ2) is 6.25. The van der Waals surface area contributed by atoms with E-state index in [9.17, 15) is 0 Å². The summed E-state index contributed by atoms with van der Waals surface area (Å²) in [7, 11) is 0. The number of rotatable bonds is 5. The molecule has 1 N–H and O–H groups in total. The van der Waals surface area contributed by atoms with Crippen LogP contribution in [0.3, 0.4) is 0 Å². The molecule has 2 aromatic heterocycles. The Morgan fingerprint density at radius 3 is 2.79 bits per heavy atom. The molecule has 19 heavy (non-hydrogen) atoms. The van der Waals surface area contributed by atoms with E-state index in [-0.39, 0.29) is 0 Å². The third-order valence-corrected chi connectivity index (χ3v) is 5.23. The van der Waals surface area contributed by atoms with Crippen LogP contribution in [0.15, 0.2) is 38.7 Å². The average Bonchev–Trinajstić information content (AvgIpc) is 3.11. The molecule has 0 aromatic carbocycles. The van der Waals surface area contributed by atoms with Crippen LogP contribution >= 0.6 is 27.3 Å². The molecule has 0 saturated heterocycles. The Bertz CT molecular complexity index is 502. The summed E-state index contributed by atoms with van der Waals surface area (Å²) in [6.07, 6.45) is 5.44. The number of nitrogens with one attached hydrogen (secondary N) is 1. The molecular weight excluding hydrogens is 322 g/mol. The second-order valence-corrected chi connectivity index (χ2v) is 6.89. The summed E-state index contributed by atoms with van der Waals surface area (Å²) in [5.41, 5.74) is 0. The fourth-order valence-corrected chi connectivity index (χ4v) is 4.15. The molecule has 0 spiro atoms. The summed E-state index contributed by atoms with van der Waals surface area (Å²) in [5.74, 6) is 1.77. The van der Waals surface area contributed by atoms with E-state index in [0.717, 1.165) is 22.9 Å². The van der Waals surface area contributed by atoms with E-state index >= 15 is 0 Å². The molecule has 1 atom stereocenters. The molecule has 1 saturated carbocycles. The fraction of sp³-hybridized carbons (Fsp3) is 0.467. The van der Waals surface area contributed by atoms with Crippen LogP contribution in [0.2, 0.25) is 0 Å². The Hall–Kier alpha value is -0.580. The van der Waals surface area contributed by atoms with Gasteiger partial charge in [-0.25, -0.2) is 0 Å². The molecule has 0 aliphatic heterocycles. The van der Waals surface area contributed by atoms with Gasteiger partial charge in [-0.3, -0.25) is 0 Å². The molecule has 1 fully saturated rings. The third-order valence-electron chi connectivity index (χ3n) is 3.85. The van der Waals surface area contributed by atoms with Crippen molar-refractivity contribution in [3.63, 3.8) is 0 Å². The highest BCUT2D eigenvalue weighted by Crippen LogP contribution is 2.37. The minimum Gasteiger partial charge on any atom is -0.453 e. The smallest absolute Gasteiger partial charge is 0.169 e. The van der Waals surface area contributed by atoms with E-state index < -0.39 is 0 Å². The summed E-state index contributed by atoms with van der Waals surface area (Å²) >= 11 is 5.21. The largest absolute Gasteiger partial charge is 0.453 e. The van der Waals surface area contributed by atoms with Gasteiger partial charge in [-0.05, 0) is 58.3 Å². The van der Waals surface area contributed by atoms with Gasteiger partial charge in [-0.2, -0.15) is 0 Å². The second-order valence-electron chi connectivity index (χ2n) is 5.12. The zero-order valence-electron chi connectivity index (χ0n) is 10.8. The van der Waals surface area contributed by atoms with Gasteiger partial charge < -0.3 is 9.73 Å². The summed E-state index contributed by atoms with van der Waals surface area (Å²) < 4.78 is 6.38. The molecule has 0 bridgehead atoms. The molecule has 4 heteroatoms. The lowest BCUT2D eigenvalue weighted by molar-refractivity contribution is 0.352. The Labute approximate surface area is 126 Å². The van der Waals surface area contributed by atoms with Gasteiger partial charge in [-0.1, -0.05) is 18.9 Å². The van der Waals surface area contributed by atoms with Crippen molar-refractivity contribution in [1.29, 1.82) is 0 Å². The average molecular weight is 340 g/mol. The summed E-state index contributed by atoms with van der Waals surface area (Å²) in [4.78, 5) is 1.46. The first-order chi connectivity index (χ1) is 9.33. The molecule has 1 aliphatic rings. The third kappa shape index (κ3) is 3.30. The van der Waals surface area contributed by atoms with Crippen LogP contribution in [-0.4, -0.2) is 0 Å². The molecule has 0 amide bonds. The molecule has 2 nitrogen and oxygen atoms in total. The summed E-state index contributed by atoms with van der Waals surface area (Å²) in [5, 5.41) is 5.86. The predicted molar refractivity (Wildman–Crippen MR) is 82.3 cm³/mol. The predicted octanol–water partition coefficient (Wildman–Crippen LogP) is 5.12. The SMILES string of the molecule is Brc1ccc(CNC(c2cccs2)C2CCCC2)o1. The van der Waals surface area contributed by atoms with Gasteiger partial charge in [0.25, 0.3) is 0 Å². The van der Waals surface area contributed by atoms with E-state index in [2.05, 4.69) is 38.8 Å². The Morgan fingerprint density at radius 1 is 1.32 bits per heavy atom. The van der Waals surface area contributed by atoms with Gasteiger partial charge >= 0.3 is 0 Å². The molecule has 1 aliphatic carbocycles. The fourth-order valence-electron chi connectivity index (χ4n) is 2.92. The molecule has 3 rings (SSSR count). The lowest BCUT2D eigenvalue weighted by Crippen LogP contribution is -2.25. The highest BCUT2D eigenvalue weighted by molar-refractivity contribution is 9.10. The minimum absolute atomic E-state index is 0.478. The van der Waals surface area contributed by atoms with Crippen molar-refractivity contribution in [2.45, 2.75) is 38.3 Å². The van der Waals surface area contributed by atoms with Crippen molar-refractivity contribution in [3.8, 4) is 0 Å². The first-order valence-electron chi connectivity index (χ1n) is 6.84. The van der Waals surface area contributed by atoms with E-state index in [1.807, 2.05) is 23.5 Å². The van der Waals surface area contributed by atoms with Crippen LogP contribution in [-0.2, 0) is 6.54 Å². The van der Waals surface area contributed by atoms with Crippen molar-refractivity contribution < 1.29 is 4.42 Å². The standard InChI is InChI=1S/C15H18BrNOS/c16-14-8-7-12(18-14)10-17-15(11-4-1-2-5-11)13-6-3-9-19-13/h3,6-9,11,15,17H,1-2,4-5,10H2. The van der Waals surface area contributed by atoms with Crippen molar-refractivity contribution in [2.75, 3.05) is 0 Å². The van der Waals surface area contributed by atoms with Crippen molar-refractivity contribution in [1.82, 2.24) is 5.32 Å². The first kappa shape index (κ1) is 13.4. The van der Waals surface area contributed by atoms with Gasteiger partial charge in [0, 0.05) is 10.9 Å². The van der Waals surface area contributed by atoms with E-state index in [1.54, 1.807) is 0 Å². The summed E-state index contributed by atoms with van der Waals surface area (Å²) in [6.45, 7) is 0.796. The van der Waals surface area contributed by atoms with Crippen LogP contribution in [0.1, 0.15) is 42.4 Å². The molecule has 102 valence electrons. The van der Waals surface area contributed by atoms with E-state index in [0.29, 0.717) is 6.04 Å². The van der Waals surface area contributed by atoms with Crippen molar-refractivity contribution in [2.24, 2.45) is 5.92 Å². The van der Waals surface area contributed by atoms with Crippen molar-refractivity contribution in [3.05, 3.63) is 45.0 Å². The number of hydrogen-bond acceptors (Lipinski definition) is 3. The maximum Gasteiger partial charge on any atom is 0.169 e. The van der Waals surface area contributed by atoms with Gasteiger partial charge in [0.1, 0.15) is 5.76 Å². The topological polar surface area (TPSA) is 25.2 Å². The lowest BCUT2D eigenvalue weighted by atomic mass is 9.96. The normalized spacial score (nSPS) is 17.9. The number of furan rings is 1. The molecule has 0 radical (unpaired) electrons. The number of hydrogen-bond donors (Lipinski definition) is 1. The van der Waals surface area contributed by atoms with Gasteiger partial charge in [0.15, 0.2) is 4.67 Å². The van der Waals surface area contributed by atoms with Crippen LogP contribution in [0.5, 0.6) is 0 Å². The monoisotopic (exact) mass is 339 g/mol. The van der Waals surface area contributed by atoms with Crippen molar-refractivity contribution >= 4 is 27.3 Å². The molecule has 2 aromatic rings. The highest BCUT2D eigenvalue weighted by atomic mass is 79.9. The first-order valence-corrected chi connectivity index (χ1v) is 8.51. The maximum absolute atomic E-state index is 5.57. The Kier molecular flexibility index (Phi) is 4.41. The Morgan fingerprint density at radius 2 is 2.16 bits per heavy atom. The van der Waals surface area contributed by atoms with E-state index in [4.69, 9.17) is 4.42 Å². The van der Waals surface area contributed by atoms with Gasteiger partial charge in [-0.15, -0.1) is 11.3 Å². The van der Waals surface area contributed by atoms with Crippen LogP contribution in [0, 0.1) is 5.92 Å². The number of halogens is 1. The van der Waals surface area contributed by atoms with Crippen LogP contribution in [0.25, 0.3) is 0 Å². The summed E-state index contributed by atoms with van der Waals surface area (Å²) in [6, 6.07) is 8.85. The minimum atomic E-state index is 0.478. The van der Waals surface area contributed by atoms with Crippen LogP contribution < -0.4 is 5.32 Å². The molecule has 2 heterocycles. The lowest BCUT2D eigenvalue weighted by Gasteiger charge is -2.23. The highest BCUT2D eigenvalue weighted by Gasteiger charge is 2.26. The Balaban J connectivity index is 1.68. The number of thiophene rings is 1. The van der Waals surface area contributed by atoms with Gasteiger partial charge in [0.05, 0.1) is 6.54 Å². The zero-order chi connectivity index (χ0) is 13.1. The quantitative estimate of drug-likeness (QED) is 0.817. The zero-order valence-corrected chi connectivity index (χ0v) is 13.2. The maximum atomic E-state index is 5.57. The molecule has 1 unspecified atom stereocenters. The molecular formula is C15H18BrNOS. The van der Waals surface area contributed by atoms with Gasteiger partial charge in [0.2, 0.25) is 0 Å². The van der Waals surface area contributed by atoms with Crippen LogP contribution in [0.4, 0.5) is 0 Å². The van der Waals surface area contributed by atoms with E-state index in [1.165, 1.54) is 30.6 Å².